The molecule has 0 fully saturated rings. The molecule has 0 heterocycles. The average molecular weight is 676 g/mol. The van der Waals surface area contributed by atoms with E-state index in [9.17, 15) is 0 Å². The summed E-state index contributed by atoms with van der Waals surface area (Å²) >= 11 is 0. The molecule has 9 aromatic carbocycles. The highest BCUT2D eigenvalue weighted by atomic mass is 15.1. The smallest absolute Gasteiger partial charge is 0.0462 e. The van der Waals surface area contributed by atoms with Crippen molar-refractivity contribution in [1.82, 2.24) is 0 Å². The third-order valence-electron chi connectivity index (χ3n) is 10.1. The summed E-state index contributed by atoms with van der Waals surface area (Å²) in [6, 6.07) is 80.8. The summed E-state index contributed by atoms with van der Waals surface area (Å²) in [4.78, 5) is 2.34. The first-order valence-electron chi connectivity index (χ1n) is 18.2. The van der Waals surface area contributed by atoms with Gasteiger partial charge in [0.05, 0.1) is 0 Å². The molecule has 0 aromatic heterocycles. The molecule has 0 unspecified atom stereocenters. The van der Waals surface area contributed by atoms with Gasteiger partial charge in [0, 0.05) is 17.1 Å². The lowest BCUT2D eigenvalue weighted by Crippen LogP contribution is -2.09. The predicted octanol–water partition coefficient (Wildman–Crippen LogP) is 14.6. The Labute approximate surface area is 311 Å². The quantitative estimate of drug-likeness (QED) is 0.155. The standard InChI is InChI=1S/C52H37N/c1-4-11-38(12-5-1)41-23-29-50(30-24-41)53(51-31-25-42(26-32-51)39-13-6-2-7-14-39)52-33-27-43(28-34-52)47-21-19-44-20-22-48(37-49(44)36-47)46-18-10-17-45(35-46)40-15-8-3-9-16-40/h1-37H. The molecule has 9 aromatic rings. The maximum atomic E-state index is 2.34. The molecule has 0 saturated carbocycles. The van der Waals surface area contributed by atoms with Gasteiger partial charge in [0.25, 0.3) is 0 Å². The van der Waals surface area contributed by atoms with E-state index in [1.165, 1.54) is 66.4 Å². The van der Waals surface area contributed by atoms with Crippen LogP contribution >= 0.6 is 0 Å². The van der Waals surface area contributed by atoms with Gasteiger partial charge < -0.3 is 4.90 Å². The number of fused-ring (bicyclic) bond motifs is 1. The van der Waals surface area contributed by atoms with E-state index in [0.717, 1.165) is 17.1 Å². The minimum Gasteiger partial charge on any atom is -0.311 e. The maximum Gasteiger partial charge on any atom is 0.0462 e. The van der Waals surface area contributed by atoms with E-state index in [4.69, 9.17) is 0 Å². The maximum absolute atomic E-state index is 2.34. The second-order valence-corrected chi connectivity index (χ2v) is 13.4. The first kappa shape index (κ1) is 32.0. The van der Waals surface area contributed by atoms with Crippen LogP contribution in [0, 0.1) is 0 Å². The summed E-state index contributed by atoms with van der Waals surface area (Å²) in [5.41, 5.74) is 15.4. The van der Waals surface area contributed by atoms with Gasteiger partial charge in [-0.3, -0.25) is 0 Å². The fourth-order valence-corrected chi connectivity index (χ4v) is 7.23. The fraction of sp³-hybridized carbons (Fsp3) is 0. The summed E-state index contributed by atoms with van der Waals surface area (Å²) in [6.45, 7) is 0. The normalized spacial score (nSPS) is 11.0. The topological polar surface area (TPSA) is 3.24 Å². The molecule has 1 heteroatoms. The van der Waals surface area contributed by atoms with Crippen LogP contribution in [0.4, 0.5) is 17.1 Å². The minimum absolute atomic E-state index is 1.11. The Kier molecular flexibility index (Phi) is 8.66. The minimum atomic E-state index is 1.11. The van der Waals surface area contributed by atoms with Gasteiger partial charge in [0.1, 0.15) is 0 Å². The molecule has 0 bridgehead atoms. The van der Waals surface area contributed by atoms with Crippen molar-refractivity contribution in [3.05, 3.63) is 224 Å². The summed E-state index contributed by atoms with van der Waals surface area (Å²) in [5, 5.41) is 2.46. The van der Waals surface area contributed by atoms with Crippen LogP contribution in [0.5, 0.6) is 0 Å². The van der Waals surface area contributed by atoms with Crippen molar-refractivity contribution in [2.75, 3.05) is 4.90 Å². The number of nitrogens with zero attached hydrogens (tertiary/aromatic N) is 1. The fourth-order valence-electron chi connectivity index (χ4n) is 7.23. The van der Waals surface area contributed by atoms with E-state index in [1.807, 2.05) is 0 Å². The van der Waals surface area contributed by atoms with Gasteiger partial charge in [0.15, 0.2) is 0 Å². The van der Waals surface area contributed by atoms with Crippen LogP contribution in [-0.4, -0.2) is 0 Å². The molecule has 53 heavy (non-hydrogen) atoms. The molecule has 0 spiro atoms. The Bertz CT molecular complexity index is 2530. The van der Waals surface area contributed by atoms with Gasteiger partial charge in [-0.25, -0.2) is 0 Å². The van der Waals surface area contributed by atoms with Crippen LogP contribution < -0.4 is 4.90 Å². The summed E-state index contributed by atoms with van der Waals surface area (Å²) < 4.78 is 0. The molecule has 0 atom stereocenters. The van der Waals surface area contributed by atoms with Gasteiger partial charge in [-0.2, -0.15) is 0 Å². The van der Waals surface area contributed by atoms with Crippen LogP contribution in [0.1, 0.15) is 0 Å². The molecule has 1 nitrogen and oxygen atoms in total. The highest BCUT2D eigenvalue weighted by Gasteiger charge is 2.14. The molecule has 9 rings (SSSR count). The number of hydrogen-bond donors (Lipinski definition) is 0. The van der Waals surface area contributed by atoms with Crippen molar-refractivity contribution in [2.45, 2.75) is 0 Å². The zero-order valence-corrected chi connectivity index (χ0v) is 29.3. The van der Waals surface area contributed by atoms with Crippen LogP contribution in [-0.2, 0) is 0 Å². The van der Waals surface area contributed by atoms with Crippen LogP contribution in [0.25, 0.3) is 66.4 Å². The van der Waals surface area contributed by atoms with E-state index in [2.05, 4.69) is 229 Å². The summed E-state index contributed by atoms with van der Waals surface area (Å²) in [5.74, 6) is 0. The van der Waals surface area contributed by atoms with Crippen molar-refractivity contribution in [1.29, 1.82) is 0 Å². The third kappa shape index (κ3) is 6.77. The van der Waals surface area contributed by atoms with E-state index in [1.54, 1.807) is 0 Å². The SMILES string of the molecule is c1ccc(-c2ccc(N(c3ccc(-c4ccccc4)cc3)c3ccc(-c4ccc5ccc(-c6cccc(-c7ccccc7)c6)cc5c4)cc3)cc2)cc1. The zero-order valence-electron chi connectivity index (χ0n) is 29.3. The van der Waals surface area contributed by atoms with Crippen molar-refractivity contribution in [3.8, 4) is 55.6 Å². The number of benzene rings is 9. The summed E-state index contributed by atoms with van der Waals surface area (Å²) in [6.07, 6.45) is 0. The highest BCUT2D eigenvalue weighted by Crippen LogP contribution is 2.38. The Balaban J connectivity index is 1.04. The Morgan fingerprint density at radius 1 is 0.189 bits per heavy atom. The molecule has 0 saturated heterocycles. The second kappa shape index (κ2) is 14.3. The molecule has 0 aliphatic rings. The zero-order chi connectivity index (χ0) is 35.4. The highest BCUT2D eigenvalue weighted by molar-refractivity contribution is 5.92. The predicted molar refractivity (Wildman–Crippen MR) is 226 cm³/mol. The average Bonchev–Trinajstić information content (AvgIpc) is 3.25. The van der Waals surface area contributed by atoms with Crippen molar-refractivity contribution in [2.24, 2.45) is 0 Å². The van der Waals surface area contributed by atoms with Crippen molar-refractivity contribution in [3.63, 3.8) is 0 Å². The van der Waals surface area contributed by atoms with Gasteiger partial charge >= 0.3 is 0 Å². The Morgan fingerprint density at radius 2 is 0.472 bits per heavy atom. The molecule has 250 valence electrons. The van der Waals surface area contributed by atoms with Crippen molar-refractivity contribution < 1.29 is 0 Å². The van der Waals surface area contributed by atoms with Crippen molar-refractivity contribution >= 4 is 27.8 Å². The molecular formula is C52H37N. The monoisotopic (exact) mass is 675 g/mol. The molecule has 0 N–H and O–H groups in total. The number of hydrogen-bond acceptors (Lipinski definition) is 1. The van der Waals surface area contributed by atoms with Gasteiger partial charge in [0.2, 0.25) is 0 Å². The lowest BCUT2D eigenvalue weighted by molar-refractivity contribution is 1.28. The first-order valence-corrected chi connectivity index (χ1v) is 18.2. The van der Waals surface area contributed by atoms with E-state index in [0.29, 0.717) is 0 Å². The Morgan fingerprint density at radius 3 is 0.906 bits per heavy atom. The third-order valence-corrected chi connectivity index (χ3v) is 10.1. The molecule has 0 aliphatic heterocycles. The molecule has 0 amide bonds. The first-order chi connectivity index (χ1) is 26.2. The van der Waals surface area contributed by atoms with Gasteiger partial charge in [-0.05, 0) is 121 Å². The number of anilines is 3. The largest absolute Gasteiger partial charge is 0.311 e. The van der Waals surface area contributed by atoms with Gasteiger partial charge in [-0.1, -0.05) is 170 Å². The van der Waals surface area contributed by atoms with Crippen LogP contribution in [0.2, 0.25) is 0 Å². The van der Waals surface area contributed by atoms with Gasteiger partial charge in [-0.15, -0.1) is 0 Å². The van der Waals surface area contributed by atoms with Crippen LogP contribution in [0.3, 0.4) is 0 Å². The number of rotatable bonds is 8. The van der Waals surface area contributed by atoms with Crippen LogP contribution in [0.15, 0.2) is 224 Å². The molecule has 0 aliphatic carbocycles. The molecule has 0 radical (unpaired) electrons. The lowest BCUT2D eigenvalue weighted by atomic mass is 9.95. The molecular weight excluding hydrogens is 639 g/mol. The summed E-state index contributed by atoms with van der Waals surface area (Å²) in [7, 11) is 0. The van der Waals surface area contributed by atoms with E-state index in [-0.39, 0.29) is 0 Å². The van der Waals surface area contributed by atoms with E-state index < -0.39 is 0 Å². The Hall–Kier alpha value is -6.96. The second-order valence-electron chi connectivity index (χ2n) is 13.4. The van der Waals surface area contributed by atoms with E-state index >= 15 is 0 Å². The lowest BCUT2D eigenvalue weighted by Gasteiger charge is -2.26.